The summed E-state index contributed by atoms with van der Waals surface area (Å²) in [5.74, 6) is 0.0932. The summed E-state index contributed by atoms with van der Waals surface area (Å²) in [5.41, 5.74) is 0.731. The predicted molar refractivity (Wildman–Crippen MR) is 65.8 cm³/mol. The lowest BCUT2D eigenvalue weighted by Crippen LogP contribution is -2.45. The van der Waals surface area contributed by atoms with Gasteiger partial charge in [0.1, 0.15) is 5.69 Å². The fraction of sp³-hybridized carbons (Fsp3) is 0.615. The third kappa shape index (κ3) is 2.52. The standard InChI is InChI=1S/C13H20N2O2/c1-14-8-3-7-12(14)13(17)15(9-4-10-16)11-5-2-6-11/h3,7-8,11,16H,2,4-6,9-10H2,1H3. The first kappa shape index (κ1) is 12.2. The van der Waals surface area contributed by atoms with Crippen LogP contribution in [0.4, 0.5) is 0 Å². The van der Waals surface area contributed by atoms with E-state index in [4.69, 9.17) is 5.11 Å². The predicted octanol–water partition coefficient (Wildman–Crippen LogP) is 1.40. The first-order valence-corrected chi connectivity index (χ1v) is 6.27. The van der Waals surface area contributed by atoms with Gasteiger partial charge in [-0.05, 0) is 37.8 Å². The van der Waals surface area contributed by atoms with Crippen LogP contribution in [0, 0.1) is 0 Å². The molecule has 17 heavy (non-hydrogen) atoms. The van der Waals surface area contributed by atoms with Gasteiger partial charge in [0.2, 0.25) is 0 Å². The molecule has 4 nitrogen and oxygen atoms in total. The van der Waals surface area contributed by atoms with Crippen LogP contribution >= 0.6 is 0 Å². The molecule has 0 spiro atoms. The van der Waals surface area contributed by atoms with Gasteiger partial charge in [-0.25, -0.2) is 0 Å². The molecule has 0 radical (unpaired) electrons. The number of hydrogen-bond donors (Lipinski definition) is 1. The second-order valence-electron chi connectivity index (χ2n) is 4.66. The third-order valence-corrected chi connectivity index (χ3v) is 3.50. The molecule has 1 aromatic heterocycles. The zero-order chi connectivity index (χ0) is 12.3. The van der Waals surface area contributed by atoms with Gasteiger partial charge < -0.3 is 14.6 Å². The lowest BCUT2D eigenvalue weighted by molar-refractivity contribution is 0.0553. The maximum Gasteiger partial charge on any atom is 0.270 e. The molecule has 1 amide bonds. The number of aryl methyl sites for hydroxylation is 1. The summed E-state index contributed by atoms with van der Waals surface area (Å²) < 4.78 is 1.85. The van der Waals surface area contributed by atoms with Crippen LogP contribution in [0.15, 0.2) is 18.3 Å². The Morgan fingerprint density at radius 2 is 2.35 bits per heavy atom. The molecule has 0 unspecified atom stereocenters. The lowest BCUT2D eigenvalue weighted by atomic mass is 9.91. The Morgan fingerprint density at radius 1 is 1.59 bits per heavy atom. The van der Waals surface area contributed by atoms with Gasteiger partial charge in [-0.15, -0.1) is 0 Å². The number of aromatic nitrogens is 1. The molecule has 4 heteroatoms. The molecular weight excluding hydrogens is 216 g/mol. The highest BCUT2D eigenvalue weighted by atomic mass is 16.3. The van der Waals surface area contributed by atoms with Crippen LogP contribution in [0.2, 0.25) is 0 Å². The van der Waals surface area contributed by atoms with Crippen LogP contribution in [0.25, 0.3) is 0 Å². The van der Waals surface area contributed by atoms with E-state index in [1.165, 1.54) is 6.42 Å². The van der Waals surface area contributed by atoms with Crippen LogP contribution < -0.4 is 0 Å². The van der Waals surface area contributed by atoms with E-state index in [2.05, 4.69) is 0 Å². The van der Waals surface area contributed by atoms with Crippen LogP contribution in [-0.2, 0) is 7.05 Å². The van der Waals surface area contributed by atoms with Gasteiger partial charge in [-0.3, -0.25) is 4.79 Å². The molecule has 0 aliphatic heterocycles. The first-order valence-electron chi connectivity index (χ1n) is 6.27. The molecule has 1 fully saturated rings. The van der Waals surface area contributed by atoms with Crippen molar-refractivity contribution in [1.29, 1.82) is 0 Å². The normalized spacial score (nSPS) is 15.6. The summed E-state index contributed by atoms with van der Waals surface area (Å²) in [7, 11) is 1.89. The van der Waals surface area contributed by atoms with Crippen molar-refractivity contribution < 1.29 is 9.90 Å². The zero-order valence-corrected chi connectivity index (χ0v) is 10.3. The maximum absolute atomic E-state index is 12.4. The molecule has 1 aliphatic carbocycles. The Bertz CT molecular complexity index is 383. The number of aliphatic hydroxyl groups excluding tert-OH is 1. The van der Waals surface area contributed by atoms with Gasteiger partial charge in [-0.1, -0.05) is 0 Å². The molecule has 1 N–H and O–H groups in total. The smallest absolute Gasteiger partial charge is 0.270 e. The summed E-state index contributed by atoms with van der Waals surface area (Å²) in [6.45, 7) is 0.800. The fourth-order valence-electron chi connectivity index (χ4n) is 2.22. The van der Waals surface area contributed by atoms with Crippen LogP contribution in [-0.4, -0.2) is 39.7 Å². The Morgan fingerprint density at radius 3 is 2.82 bits per heavy atom. The number of amides is 1. The minimum absolute atomic E-state index is 0.0932. The Balaban J connectivity index is 2.09. The molecule has 1 aliphatic rings. The monoisotopic (exact) mass is 236 g/mol. The largest absolute Gasteiger partial charge is 0.396 e. The summed E-state index contributed by atoms with van der Waals surface area (Å²) in [6, 6.07) is 4.12. The minimum atomic E-state index is 0.0932. The number of aliphatic hydroxyl groups is 1. The van der Waals surface area contributed by atoms with E-state index in [9.17, 15) is 4.79 Å². The Kier molecular flexibility index (Phi) is 3.84. The number of carbonyl (C=O) groups excluding carboxylic acids is 1. The first-order chi connectivity index (χ1) is 8.24. The van der Waals surface area contributed by atoms with E-state index in [0.717, 1.165) is 18.5 Å². The van der Waals surface area contributed by atoms with Crippen LogP contribution in [0.5, 0.6) is 0 Å². The van der Waals surface area contributed by atoms with Crippen molar-refractivity contribution >= 4 is 5.91 Å². The summed E-state index contributed by atoms with van der Waals surface area (Å²) >= 11 is 0. The topological polar surface area (TPSA) is 45.5 Å². The number of rotatable bonds is 5. The number of hydrogen-bond acceptors (Lipinski definition) is 2. The molecule has 1 saturated carbocycles. The molecule has 94 valence electrons. The van der Waals surface area contributed by atoms with Crippen LogP contribution in [0.3, 0.4) is 0 Å². The average Bonchev–Trinajstić information content (AvgIpc) is 2.67. The Labute approximate surface area is 102 Å². The summed E-state index contributed by atoms with van der Waals surface area (Å²) in [4.78, 5) is 14.3. The fourth-order valence-corrected chi connectivity index (χ4v) is 2.22. The number of carbonyl (C=O) groups is 1. The highest BCUT2D eigenvalue weighted by Crippen LogP contribution is 2.26. The maximum atomic E-state index is 12.4. The average molecular weight is 236 g/mol. The van der Waals surface area contributed by atoms with E-state index < -0.39 is 0 Å². The minimum Gasteiger partial charge on any atom is -0.396 e. The van der Waals surface area contributed by atoms with Crippen molar-refractivity contribution in [2.75, 3.05) is 13.2 Å². The molecule has 0 atom stereocenters. The quantitative estimate of drug-likeness (QED) is 0.840. The molecule has 0 aromatic carbocycles. The molecular formula is C13H20N2O2. The molecule has 1 heterocycles. The van der Waals surface area contributed by atoms with Crippen molar-refractivity contribution in [2.24, 2.45) is 7.05 Å². The third-order valence-electron chi connectivity index (χ3n) is 3.50. The van der Waals surface area contributed by atoms with Gasteiger partial charge >= 0.3 is 0 Å². The van der Waals surface area contributed by atoms with Gasteiger partial charge in [0.05, 0.1) is 0 Å². The molecule has 1 aromatic rings. The highest BCUT2D eigenvalue weighted by Gasteiger charge is 2.29. The van der Waals surface area contributed by atoms with Crippen molar-refractivity contribution in [3.8, 4) is 0 Å². The van der Waals surface area contributed by atoms with Gasteiger partial charge in [0.25, 0.3) is 5.91 Å². The molecule has 0 saturated heterocycles. The highest BCUT2D eigenvalue weighted by molar-refractivity contribution is 5.93. The lowest BCUT2D eigenvalue weighted by Gasteiger charge is -2.37. The van der Waals surface area contributed by atoms with Gasteiger partial charge in [0.15, 0.2) is 0 Å². The molecule has 2 rings (SSSR count). The second-order valence-corrected chi connectivity index (χ2v) is 4.66. The van der Waals surface area contributed by atoms with E-state index in [-0.39, 0.29) is 12.5 Å². The summed E-state index contributed by atoms with van der Waals surface area (Å²) in [6.07, 6.45) is 5.95. The second kappa shape index (κ2) is 5.36. The van der Waals surface area contributed by atoms with Crippen LogP contribution in [0.1, 0.15) is 36.2 Å². The van der Waals surface area contributed by atoms with Crippen molar-refractivity contribution in [3.05, 3.63) is 24.0 Å². The van der Waals surface area contributed by atoms with Gasteiger partial charge in [0, 0.05) is 32.4 Å². The SMILES string of the molecule is Cn1cccc1C(=O)N(CCCO)C1CCC1. The number of nitrogens with zero attached hydrogens (tertiary/aromatic N) is 2. The van der Waals surface area contributed by atoms with E-state index in [1.54, 1.807) is 0 Å². The summed E-state index contributed by atoms with van der Waals surface area (Å²) in [5, 5.41) is 8.91. The van der Waals surface area contributed by atoms with E-state index >= 15 is 0 Å². The Hall–Kier alpha value is -1.29. The molecule has 0 bridgehead atoms. The van der Waals surface area contributed by atoms with Crippen molar-refractivity contribution in [2.45, 2.75) is 31.7 Å². The van der Waals surface area contributed by atoms with Crippen molar-refractivity contribution in [1.82, 2.24) is 9.47 Å². The van der Waals surface area contributed by atoms with Gasteiger partial charge in [-0.2, -0.15) is 0 Å². The van der Waals surface area contributed by atoms with E-state index in [0.29, 0.717) is 19.0 Å². The van der Waals surface area contributed by atoms with Crippen molar-refractivity contribution in [3.63, 3.8) is 0 Å². The zero-order valence-electron chi connectivity index (χ0n) is 10.3. The van der Waals surface area contributed by atoms with E-state index in [1.807, 2.05) is 34.8 Å².